The minimum Gasteiger partial charge on any atom is -0.506 e. The minimum atomic E-state index is 0.275. The molecule has 0 amide bonds. The van der Waals surface area contributed by atoms with E-state index in [4.69, 9.17) is 0 Å². The summed E-state index contributed by atoms with van der Waals surface area (Å²) in [5.74, 6) is 0.855. The van der Waals surface area contributed by atoms with Gasteiger partial charge in [-0.15, -0.1) is 0 Å². The first kappa shape index (κ1) is 16.3. The lowest BCUT2D eigenvalue weighted by molar-refractivity contribution is 0.128. The van der Waals surface area contributed by atoms with Crippen molar-refractivity contribution in [3.63, 3.8) is 0 Å². The number of piperazine rings is 1. The van der Waals surface area contributed by atoms with Crippen LogP contribution in [-0.4, -0.2) is 36.2 Å². The van der Waals surface area contributed by atoms with E-state index in [0.29, 0.717) is 12.0 Å². The summed E-state index contributed by atoms with van der Waals surface area (Å²) < 4.78 is 1.51. The first-order valence-corrected chi connectivity index (χ1v) is 8.75. The molecule has 0 radical (unpaired) electrons. The van der Waals surface area contributed by atoms with E-state index in [2.05, 4.69) is 68.1 Å². The van der Waals surface area contributed by atoms with Gasteiger partial charge in [-0.2, -0.15) is 0 Å². The zero-order valence-electron chi connectivity index (χ0n) is 12.0. The third-order valence-corrected chi connectivity index (χ3v) is 5.32. The average Bonchev–Trinajstić information content (AvgIpc) is 2.46. The third-order valence-electron chi connectivity index (χ3n) is 4.11. The fourth-order valence-corrected chi connectivity index (χ4v) is 4.06. The number of phenols is 1. The Kier molecular flexibility index (Phi) is 5.90. The fraction of sp³-hybridized carbons (Fsp3) is 0.600. The van der Waals surface area contributed by atoms with E-state index in [9.17, 15) is 5.11 Å². The summed E-state index contributed by atoms with van der Waals surface area (Å²) in [7, 11) is 0. The Bertz CT molecular complexity index is 438. The van der Waals surface area contributed by atoms with Gasteiger partial charge in [0.1, 0.15) is 5.75 Å². The predicted octanol–water partition coefficient (Wildman–Crippen LogP) is 3.91. The number of aromatic hydroxyl groups is 1. The highest BCUT2D eigenvalue weighted by molar-refractivity contribution is 9.11. The molecule has 2 atom stereocenters. The molecular formula is C15H22Br2N2O. The van der Waals surface area contributed by atoms with E-state index in [-0.39, 0.29) is 5.75 Å². The van der Waals surface area contributed by atoms with Gasteiger partial charge in [0.2, 0.25) is 0 Å². The number of hydrogen-bond acceptors (Lipinski definition) is 3. The second-order valence-corrected chi connectivity index (χ2v) is 7.16. The molecule has 0 aliphatic carbocycles. The second-order valence-electron chi connectivity index (χ2n) is 5.45. The topological polar surface area (TPSA) is 35.5 Å². The number of nitrogens with zero attached hydrogens (tertiary/aromatic N) is 1. The molecule has 0 saturated carbocycles. The van der Waals surface area contributed by atoms with Crippen LogP contribution in [0.2, 0.25) is 0 Å². The van der Waals surface area contributed by atoms with Crippen LogP contribution in [0.25, 0.3) is 0 Å². The van der Waals surface area contributed by atoms with Gasteiger partial charge in [-0.25, -0.2) is 0 Å². The second kappa shape index (κ2) is 7.25. The number of benzene rings is 1. The molecule has 3 nitrogen and oxygen atoms in total. The maximum atomic E-state index is 9.90. The lowest BCUT2D eigenvalue weighted by Gasteiger charge is -2.38. The number of nitrogens with one attached hydrogen (secondary N) is 1. The van der Waals surface area contributed by atoms with Gasteiger partial charge in [0.05, 0.1) is 8.95 Å². The SMILES string of the molecule is CCC(C)[C@@H](c1cc(Br)c(O)c(Br)c1)N1CCNCC1. The molecule has 1 aliphatic rings. The molecule has 112 valence electrons. The van der Waals surface area contributed by atoms with Crippen molar-refractivity contribution in [2.24, 2.45) is 5.92 Å². The Morgan fingerprint density at radius 1 is 1.25 bits per heavy atom. The highest BCUT2D eigenvalue weighted by atomic mass is 79.9. The van der Waals surface area contributed by atoms with Gasteiger partial charge in [-0.05, 0) is 55.5 Å². The Morgan fingerprint density at radius 2 is 1.80 bits per heavy atom. The summed E-state index contributed by atoms with van der Waals surface area (Å²) in [6, 6.07) is 4.51. The Hall–Kier alpha value is -0.100. The van der Waals surface area contributed by atoms with Gasteiger partial charge in [0.15, 0.2) is 0 Å². The minimum absolute atomic E-state index is 0.275. The molecule has 2 N–H and O–H groups in total. The zero-order valence-corrected chi connectivity index (χ0v) is 15.2. The summed E-state index contributed by atoms with van der Waals surface area (Å²) in [6.07, 6.45) is 1.14. The lowest BCUT2D eigenvalue weighted by atomic mass is 9.90. The maximum absolute atomic E-state index is 9.90. The quantitative estimate of drug-likeness (QED) is 0.796. The molecule has 2 rings (SSSR count). The molecule has 1 fully saturated rings. The van der Waals surface area contributed by atoms with Crippen molar-refractivity contribution in [1.82, 2.24) is 10.2 Å². The van der Waals surface area contributed by atoms with Crippen LogP contribution in [0.1, 0.15) is 31.9 Å². The van der Waals surface area contributed by atoms with Crippen LogP contribution in [0.4, 0.5) is 0 Å². The standard InChI is InChI=1S/C15H22Br2N2O/c1-3-10(2)14(19-6-4-18-5-7-19)11-8-12(16)15(20)13(17)9-11/h8-10,14,18,20H,3-7H2,1-2H3/t10?,14-/m0/s1. The largest absolute Gasteiger partial charge is 0.506 e. The molecule has 1 aromatic rings. The van der Waals surface area contributed by atoms with Gasteiger partial charge in [-0.1, -0.05) is 20.3 Å². The van der Waals surface area contributed by atoms with Crippen molar-refractivity contribution in [1.29, 1.82) is 0 Å². The van der Waals surface area contributed by atoms with Crippen LogP contribution in [0.5, 0.6) is 5.75 Å². The average molecular weight is 406 g/mol. The first-order valence-electron chi connectivity index (χ1n) is 7.17. The van der Waals surface area contributed by atoms with Gasteiger partial charge < -0.3 is 10.4 Å². The van der Waals surface area contributed by atoms with Gasteiger partial charge in [0.25, 0.3) is 0 Å². The fourth-order valence-electron chi connectivity index (χ4n) is 2.84. The van der Waals surface area contributed by atoms with Crippen LogP contribution in [-0.2, 0) is 0 Å². The van der Waals surface area contributed by atoms with Crippen molar-refractivity contribution >= 4 is 31.9 Å². The molecule has 1 aliphatic heterocycles. The number of hydrogen-bond donors (Lipinski definition) is 2. The molecule has 0 spiro atoms. The van der Waals surface area contributed by atoms with Crippen molar-refractivity contribution in [3.8, 4) is 5.75 Å². The van der Waals surface area contributed by atoms with Crippen LogP contribution < -0.4 is 5.32 Å². The smallest absolute Gasteiger partial charge is 0.143 e. The van der Waals surface area contributed by atoms with Crippen LogP contribution in [0, 0.1) is 5.92 Å². The van der Waals surface area contributed by atoms with E-state index < -0.39 is 0 Å². The normalized spacial score (nSPS) is 19.8. The maximum Gasteiger partial charge on any atom is 0.143 e. The molecule has 0 bridgehead atoms. The lowest BCUT2D eigenvalue weighted by Crippen LogP contribution is -2.46. The highest BCUT2D eigenvalue weighted by Crippen LogP contribution is 2.39. The van der Waals surface area contributed by atoms with E-state index in [0.717, 1.165) is 41.5 Å². The van der Waals surface area contributed by atoms with Gasteiger partial charge in [-0.3, -0.25) is 4.90 Å². The number of rotatable bonds is 4. The van der Waals surface area contributed by atoms with E-state index >= 15 is 0 Å². The Labute approximate surface area is 138 Å². The molecule has 1 heterocycles. The molecule has 0 aromatic heterocycles. The van der Waals surface area contributed by atoms with Crippen molar-refractivity contribution in [2.45, 2.75) is 26.3 Å². The summed E-state index contributed by atoms with van der Waals surface area (Å²) in [5.41, 5.74) is 1.26. The molecular weight excluding hydrogens is 384 g/mol. The first-order chi connectivity index (χ1) is 9.54. The number of phenolic OH excluding ortho intramolecular Hbond substituents is 1. The van der Waals surface area contributed by atoms with E-state index in [1.54, 1.807) is 0 Å². The molecule has 5 heteroatoms. The monoisotopic (exact) mass is 404 g/mol. The number of halogens is 2. The molecule has 1 aromatic carbocycles. The summed E-state index contributed by atoms with van der Waals surface area (Å²) in [5, 5.41) is 13.3. The van der Waals surface area contributed by atoms with Crippen molar-refractivity contribution in [2.75, 3.05) is 26.2 Å². The Morgan fingerprint density at radius 3 is 2.30 bits per heavy atom. The van der Waals surface area contributed by atoms with Crippen LogP contribution in [0.15, 0.2) is 21.1 Å². The molecule has 1 saturated heterocycles. The summed E-state index contributed by atoms with van der Waals surface area (Å²) in [4.78, 5) is 2.55. The van der Waals surface area contributed by atoms with Gasteiger partial charge in [0, 0.05) is 32.2 Å². The Balaban J connectivity index is 2.35. The van der Waals surface area contributed by atoms with Crippen LogP contribution in [0.3, 0.4) is 0 Å². The zero-order chi connectivity index (χ0) is 14.7. The van der Waals surface area contributed by atoms with Crippen molar-refractivity contribution in [3.05, 3.63) is 26.6 Å². The molecule has 1 unspecified atom stereocenters. The summed E-state index contributed by atoms with van der Waals surface area (Å²) >= 11 is 6.90. The van der Waals surface area contributed by atoms with E-state index in [1.807, 2.05) is 0 Å². The predicted molar refractivity (Wildman–Crippen MR) is 90.1 cm³/mol. The third kappa shape index (κ3) is 3.56. The molecule has 20 heavy (non-hydrogen) atoms. The van der Waals surface area contributed by atoms with Crippen molar-refractivity contribution < 1.29 is 5.11 Å². The van der Waals surface area contributed by atoms with E-state index in [1.165, 1.54) is 5.56 Å². The summed E-state index contributed by atoms with van der Waals surface area (Å²) in [6.45, 7) is 8.79. The highest BCUT2D eigenvalue weighted by Gasteiger charge is 2.27. The van der Waals surface area contributed by atoms with Gasteiger partial charge >= 0.3 is 0 Å². The van der Waals surface area contributed by atoms with Crippen LogP contribution >= 0.6 is 31.9 Å².